The number of carbonyl (C=O) groups is 3. The number of carbonyl (C=O) groups excluding carboxylic acids is 2. The molecule has 0 aromatic heterocycles. The normalized spacial score (nSPS) is 12.4. The minimum atomic E-state index is -2.72. The summed E-state index contributed by atoms with van der Waals surface area (Å²) in [5.74, 6) is -4.75. The van der Waals surface area contributed by atoms with E-state index in [1.165, 1.54) is 0 Å². The summed E-state index contributed by atoms with van der Waals surface area (Å²) in [4.78, 5) is 35.9. The van der Waals surface area contributed by atoms with Gasteiger partial charge in [-0.05, 0) is 0 Å². The first kappa shape index (κ1) is 20.8. The van der Waals surface area contributed by atoms with Crippen LogP contribution in [0.2, 0.25) is 0 Å². The van der Waals surface area contributed by atoms with Crippen molar-refractivity contribution in [3.05, 3.63) is 13.2 Å². The van der Waals surface area contributed by atoms with E-state index in [0.29, 0.717) is 0 Å². The van der Waals surface area contributed by atoms with Crippen LogP contribution in [-0.2, 0) is 52.0 Å². The Balaban J connectivity index is -0.000000845. The Morgan fingerprint density at radius 3 is 2.06 bits per heavy atom. The van der Waals surface area contributed by atoms with Gasteiger partial charge in [0.2, 0.25) is 11.3 Å². The van der Waals surface area contributed by atoms with Gasteiger partial charge in [0.05, 0.1) is 5.91 Å². The van der Waals surface area contributed by atoms with E-state index in [1.54, 1.807) is 0 Å². The number of hydrogen-bond acceptors (Lipinski definition) is 5. The first-order chi connectivity index (χ1) is 6.43. The summed E-state index contributed by atoms with van der Waals surface area (Å²) in [6.45, 7) is -1.11. The van der Waals surface area contributed by atoms with Crippen LogP contribution in [0.5, 0.6) is 0 Å². The van der Waals surface area contributed by atoms with Gasteiger partial charge in [-0.25, -0.2) is 4.89 Å². The molecule has 0 aromatic rings. The molecule has 1 unspecified atom stereocenters. The molecule has 0 rings (SSSR count). The van der Waals surface area contributed by atoms with Crippen LogP contribution in [0.1, 0.15) is 0 Å². The van der Waals surface area contributed by atoms with Gasteiger partial charge in [-0.1, -0.05) is 0 Å². The molecule has 0 bridgehead atoms. The fourth-order valence-electron chi connectivity index (χ4n) is 0.800. The third-order valence-corrected chi connectivity index (χ3v) is 1.65. The fraction of sp³-hybridized carbons (Fsp3) is 0.429. The number of aliphatic carboxylic acids is 1. The van der Waals surface area contributed by atoms with Gasteiger partial charge in [0.25, 0.3) is 0 Å². The zero-order valence-electron chi connectivity index (χ0n) is 8.81. The minimum Gasteiger partial charge on any atom is -0.666 e. The molecule has 4 N–H and O–H groups in total. The van der Waals surface area contributed by atoms with Gasteiger partial charge in [-0.2, -0.15) is 0 Å². The molecule has 9 heteroatoms. The molecule has 2 amide bonds. The van der Waals surface area contributed by atoms with Gasteiger partial charge in [-0.3, -0.25) is 14.8 Å². The Hall–Kier alpha value is -0.566. The maximum atomic E-state index is 11.1. The van der Waals surface area contributed by atoms with Crippen molar-refractivity contribution in [3.63, 3.8) is 0 Å². The van der Waals surface area contributed by atoms with Crippen molar-refractivity contribution >= 4 is 17.8 Å². The van der Waals surface area contributed by atoms with Crippen molar-refractivity contribution in [1.29, 1.82) is 0 Å². The van der Waals surface area contributed by atoms with Crippen molar-refractivity contribution in [2.45, 2.75) is 0 Å². The van der Waals surface area contributed by atoms with Crippen molar-refractivity contribution in [3.8, 4) is 0 Å². The van der Waals surface area contributed by atoms with Crippen LogP contribution < -0.4 is 5.32 Å². The molecule has 8 nitrogen and oxygen atoms in total. The van der Waals surface area contributed by atoms with Crippen LogP contribution in [0.25, 0.3) is 5.73 Å². The van der Waals surface area contributed by atoms with Crippen LogP contribution in [0, 0.1) is 12.8 Å². The Morgan fingerprint density at radius 1 is 1.44 bits per heavy atom. The van der Waals surface area contributed by atoms with Gasteiger partial charge >= 0.3 is 5.97 Å². The summed E-state index contributed by atoms with van der Waals surface area (Å²) in [6.07, 6.45) is 0. The molecule has 1 atom stereocenters. The molecule has 0 aromatic carbocycles. The number of rotatable bonds is 5. The molecule has 0 aliphatic heterocycles. The molecular weight excluding hydrogens is 297 g/mol. The molecule has 91 valence electrons. The number of hydrogen-bond donors (Lipinski definition) is 3. The van der Waals surface area contributed by atoms with Crippen LogP contribution in [-0.4, -0.2) is 41.8 Å². The first-order valence-corrected chi connectivity index (χ1v) is 3.41. The average molecular weight is 309 g/mol. The Bertz CT molecular complexity index is 256. The number of carboxylic acid groups (broad SMARTS) is 1. The molecule has 0 saturated carbocycles. The van der Waals surface area contributed by atoms with Gasteiger partial charge in [0.15, 0.2) is 0 Å². The molecule has 16 heavy (non-hydrogen) atoms. The van der Waals surface area contributed by atoms with Gasteiger partial charge < -0.3 is 28.4 Å². The molecule has 0 fully saturated rings. The van der Waals surface area contributed by atoms with E-state index in [1.807, 2.05) is 5.32 Å². The predicted molar refractivity (Wildman–Crippen MR) is 48.5 cm³/mol. The number of nitrogens with one attached hydrogen (secondary N) is 2. The number of amides is 2. The molecule has 0 aliphatic carbocycles. The molecular formula is C7H12N2O6Y-2. The van der Waals surface area contributed by atoms with E-state index >= 15 is 0 Å². The first-order valence-electron chi connectivity index (χ1n) is 3.41. The van der Waals surface area contributed by atoms with Crippen LogP contribution in [0.4, 0.5) is 0 Å². The van der Waals surface area contributed by atoms with Crippen molar-refractivity contribution in [2.75, 3.05) is 13.7 Å². The standard InChI is InChI=1S/C6H10N2O6.CH3.Y/c1-8-4(10)6(2-14-13,3(7)9)5(11)12;;/h2H2,1H3,(H5,7,8,9,10,11,12,13);1H3;/q;-1;/p-1. The predicted octanol–water partition coefficient (Wildman–Crippen LogP) is -0.680. The van der Waals surface area contributed by atoms with E-state index < -0.39 is 29.8 Å². The summed E-state index contributed by atoms with van der Waals surface area (Å²) in [5.41, 5.74) is 3.96. The quantitative estimate of drug-likeness (QED) is 0.266. The summed E-state index contributed by atoms with van der Waals surface area (Å²) < 4.78 is 0. The van der Waals surface area contributed by atoms with Crippen molar-refractivity contribution in [1.82, 2.24) is 5.32 Å². The zero-order valence-corrected chi connectivity index (χ0v) is 11.7. The largest absolute Gasteiger partial charge is 0.666 e. The molecule has 1 radical (unpaired) electrons. The maximum absolute atomic E-state index is 11.1. The van der Waals surface area contributed by atoms with Crippen LogP contribution >= 0.6 is 0 Å². The SMILES string of the molecule is CNC(=O)C(COO)(C([NH-])=O)C(=O)O.[CH3-].[Y]. The van der Waals surface area contributed by atoms with Gasteiger partial charge in [0, 0.05) is 39.8 Å². The van der Waals surface area contributed by atoms with E-state index in [-0.39, 0.29) is 40.1 Å². The molecule has 0 heterocycles. The summed E-state index contributed by atoms with van der Waals surface area (Å²) in [5, 5.41) is 18.6. The summed E-state index contributed by atoms with van der Waals surface area (Å²) in [6, 6.07) is 0. The Kier molecular flexibility index (Phi) is 11.1. The molecule has 0 saturated heterocycles. The molecule has 0 aliphatic rings. The Morgan fingerprint density at radius 2 is 1.88 bits per heavy atom. The maximum Gasteiger partial charge on any atom is 0.327 e. The second-order valence-corrected chi connectivity index (χ2v) is 2.39. The molecule has 0 spiro atoms. The van der Waals surface area contributed by atoms with Crippen molar-refractivity contribution in [2.24, 2.45) is 5.41 Å². The zero-order chi connectivity index (χ0) is 11.4. The topological polar surface area (TPSA) is 137 Å². The monoisotopic (exact) mass is 309 g/mol. The third-order valence-electron chi connectivity index (χ3n) is 1.65. The van der Waals surface area contributed by atoms with Gasteiger partial charge in [0.1, 0.15) is 6.61 Å². The second-order valence-electron chi connectivity index (χ2n) is 2.39. The van der Waals surface area contributed by atoms with E-state index in [0.717, 1.165) is 7.05 Å². The van der Waals surface area contributed by atoms with E-state index in [9.17, 15) is 14.4 Å². The smallest absolute Gasteiger partial charge is 0.327 e. The average Bonchev–Trinajstić information content (AvgIpc) is 2.11. The third kappa shape index (κ3) is 3.78. The Labute approximate surface area is 117 Å². The van der Waals surface area contributed by atoms with Crippen LogP contribution in [0.3, 0.4) is 0 Å². The fourth-order valence-corrected chi connectivity index (χ4v) is 0.800. The van der Waals surface area contributed by atoms with Crippen LogP contribution in [0.15, 0.2) is 0 Å². The van der Waals surface area contributed by atoms with Gasteiger partial charge in [-0.15, -0.1) is 0 Å². The summed E-state index contributed by atoms with van der Waals surface area (Å²) >= 11 is 0. The minimum absolute atomic E-state index is 0. The van der Waals surface area contributed by atoms with E-state index in [4.69, 9.17) is 16.1 Å². The summed E-state index contributed by atoms with van der Waals surface area (Å²) in [7, 11) is 1.10. The number of carboxylic acids is 1. The van der Waals surface area contributed by atoms with Crippen molar-refractivity contribution < 1.29 is 62.3 Å². The second kappa shape index (κ2) is 8.57. The van der Waals surface area contributed by atoms with E-state index in [2.05, 4.69) is 4.89 Å².